The van der Waals surface area contributed by atoms with Crippen molar-refractivity contribution < 1.29 is 23.7 Å². The molecule has 2 aromatic heterocycles. The smallest absolute Gasteiger partial charge is 0.295 e. The molecule has 11 nitrogen and oxygen atoms in total. The number of anilines is 1. The molecule has 36 heavy (non-hydrogen) atoms. The number of H-pyrrole nitrogens is 1. The lowest BCUT2D eigenvalue weighted by Gasteiger charge is -2.21. The zero-order valence-corrected chi connectivity index (χ0v) is 22.6. The molecule has 0 saturated heterocycles. The number of aromatic amines is 1. The quantitative estimate of drug-likeness (QED) is 0.186. The number of carbonyl (C=O) groups excluding carboxylic acids is 1. The van der Waals surface area contributed by atoms with Crippen LogP contribution in [0.2, 0.25) is 0 Å². The van der Waals surface area contributed by atoms with Gasteiger partial charge in [-0.3, -0.25) is 9.36 Å². The fourth-order valence-electron chi connectivity index (χ4n) is 2.63. The van der Waals surface area contributed by atoms with Crippen LogP contribution >= 0.6 is 19.3 Å². The Kier molecular flexibility index (Phi) is 12.5. The Balaban J connectivity index is 0.000000373. The number of ether oxygens (including phenoxy) is 1. The molecule has 198 valence electrons. The third kappa shape index (κ3) is 9.96. The van der Waals surface area contributed by atoms with Gasteiger partial charge in [-0.25, -0.2) is 20.0 Å². The van der Waals surface area contributed by atoms with Crippen LogP contribution in [0.3, 0.4) is 0 Å². The van der Waals surface area contributed by atoms with E-state index in [1.54, 1.807) is 13.8 Å². The van der Waals surface area contributed by atoms with Crippen molar-refractivity contribution in [2.24, 2.45) is 5.41 Å². The molecule has 2 heterocycles. The summed E-state index contributed by atoms with van der Waals surface area (Å²) >= 11 is 1.08. The normalized spacial score (nSPS) is 13.1. The van der Waals surface area contributed by atoms with Crippen molar-refractivity contribution in [3.05, 3.63) is 48.5 Å². The van der Waals surface area contributed by atoms with Crippen molar-refractivity contribution in [1.82, 2.24) is 25.0 Å². The monoisotopic (exact) mass is 538 g/mol. The zero-order valence-electron chi connectivity index (χ0n) is 20.8. The third-order valence-electron chi connectivity index (χ3n) is 4.79. The summed E-state index contributed by atoms with van der Waals surface area (Å²) in [7, 11) is -3.17. The van der Waals surface area contributed by atoms with Gasteiger partial charge in [0.25, 0.3) is 7.52 Å². The molecule has 3 aromatic rings. The number of rotatable bonds is 13. The van der Waals surface area contributed by atoms with E-state index in [-0.39, 0.29) is 24.7 Å². The molecule has 5 N–H and O–H groups in total. The molecule has 0 aliphatic rings. The first kappa shape index (κ1) is 29.9. The molecule has 1 aromatic carbocycles. The van der Waals surface area contributed by atoms with Gasteiger partial charge in [0.1, 0.15) is 18.2 Å². The van der Waals surface area contributed by atoms with E-state index in [4.69, 9.17) is 15.0 Å². The van der Waals surface area contributed by atoms with Crippen LogP contribution in [0.5, 0.6) is 0 Å². The minimum atomic E-state index is -3.17. The lowest BCUT2D eigenvalue weighted by atomic mass is 9.97. The van der Waals surface area contributed by atoms with E-state index in [1.807, 2.05) is 37.3 Å². The van der Waals surface area contributed by atoms with Gasteiger partial charge in [-0.1, -0.05) is 49.0 Å². The summed E-state index contributed by atoms with van der Waals surface area (Å²) in [4.78, 5) is 26.3. The molecular weight excluding hydrogens is 503 g/mol. The fourth-order valence-corrected chi connectivity index (χ4v) is 5.00. The molecule has 0 radical (unpaired) electrons. The predicted molar refractivity (Wildman–Crippen MR) is 142 cm³/mol. The number of aliphatic hydroxyl groups is 1. The molecule has 13 heteroatoms. The predicted octanol–water partition coefficient (Wildman–Crippen LogP) is 3.58. The van der Waals surface area contributed by atoms with Crippen molar-refractivity contribution in [3.63, 3.8) is 0 Å². The van der Waals surface area contributed by atoms with Gasteiger partial charge in [0.2, 0.25) is 0 Å². The second-order valence-corrected chi connectivity index (χ2v) is 11.6. The topological polar surface area (TPSA) is 165 Å². The summed E-state index contributed by atoms with van der Waals surface area (Å²) in [5, 5.41) is 12.1. The van der Waals surface area contributed by atoms with Crippen molar-refractivity contribution in [3.8, 4) is 0 Å². The SMILES string of the molecule is CCCOCP(=O)(NCc1ccccc1)OCCSC(=O)C(C)(C)CO.Nc1ncnc2nc[nH]c12. The zero-order chi connectivity index (χ0) is 26.4. The lowest BCUT2D eigenvalue weighted by Crippen LogP contribution is -2.26. The van der Waals surface area contributed by atoms with Crippen LogP contribution in [0.25, 0.3) is 11.2 Å². The highest BCUT2D eigenvalue weighted by atomic mass is 32.2. The molecule has 0 spiro atoms. The molecule has 0 aliphatic heterocycles. The van der Waals surface area contributed by atoms with Gasteiger partial charge in [-0.2, -0.15) is 0 Å². The van der Waals surface area contributed by atoms with E-state index >= 15 is 0 Å². The number of hydrogen-bond acceptors (Lipinski definition) is 10. The first-order chi connectivity index (χ1) is 17.2. The average Bonchev–Trinajstić information content (AvgIpc) is 3.37. The van der Waals surface area contributed by atoms with Gasteiger partial charge in [-0.05, 0) is 25.8 Å². The molecule has 0 fully saturated rings. The highest BCUT2D eigenvalue weighted by molar-refractivity contribution is 8.13. The first-order valence-corrected chi connectivity index (χ1v) is 14.3. The number of imidazole rings is 1. The Labute approximate surface area is 215 Å². The maximum absolute atomic E-state index is 13.0. The number of carbonyl (C=O) groups is 1. The number of aliphatic hydroxyl groups excluding tert-OH is 1. The average molecular weight is 539 g/mol. The molecular formula is C23H35N6O5PS. The molecule has 1 unspecified atom stereocenters. The van der Waals surface area contributed by atoms with Crippen molar-refractivity contribution >= 4 is 41.4 Å². The number of aromatic nitrogens is 4. The highest BCUT2D eigenvalue weighted by Crippen LogP contribution is 2.43. The van der Waals surface area contributed by atoms with E-state index < -0.39 is 12.9 Å². The van der Waals surface area contributed by atoms with Gasteiger partial charge < -0.3 is 25.1 Å². The summed E-state index contributed by atoms with van der Waals surface area (Å²) in [6, 6.07) is 9.64. The fraction of sp³-hybridized carbons (Fsp3) is 0.478. The van der Waals surface area contributed by atoms with Crippen molar-refractivity contribution in [1.29, 1.82) is 0 Å². The Hall–Kier alpha value is -2.34. The number of hydrogen-bond donors (Lipinski definition) is 4. The van der Waals surface area contributed by atoms with Gasteiger partial charge in [-0.15, -0.1) is 0 Å². The molecule has 0 bridgehead atoms. The van der Waals surface area contributed by atoms with Crippen LogP contribution in [0, 0.1) is 5.41 Å². The van der Waals surface area contributed by atoms with E-state index in [2.05, 4.69) is 25.0 Å². The summed E-state index contributed by atoms with van der Waals surface area (Å²) in [5.74, 6) is 0.801. The number of thioether (sulfide) groups is 1. The number of nitrogens with one attached hydrogen (secondary N) is 2. The summed E-state index contributed by atoms with van der Waals surface area (Å²) < 4.78 is 24.0. The van der Waals surface area contributed by atoms with E-state index in [0.29, 0.717) is 35.9 Å². The van der Waals surface area contributed by atoms with Crippen LogP contribution in [-0.4, -0.2) is 62.1 Å². The van der Waals surface area contributed by atoms with Gasteiger partial charge in [0.15, 0.2) is 16.6 Å². The van der Waals surface area contributed by atoms with Crippen LogP contribution < -0.4 is 10.8 Å². The van der Waals surface area contributed by atoms with Crippen LogP contribution in [-0.2, 0) is 25.2 Å². The lowest BCUT2D eigenvalue weighted by molar-refractivity contribution is -0.119. The minimum absolute atomic E-state index is 0.00554. The summed E-state index contributed by atoms with van der Waals surface area (Å²) in [5.41, 5.74) is 6.99. The number of fused-ring (bicyclic) bond motifs is 1. The van der Waals surface area contributed by atoms with Gasteiger partial charge in [0, 0.05) is 18.9 Å². The largest absolute Gasteiger partial charge is 0.395 e. The molecule has 0 saturated carbocycles. The van der Waals surface area contributed by atoms with Crippen LogP contribution in [0.15, 0.2) is 43.0 Å². The Morgan fingerprint density at radius 2 is 1.97 bits per heavy atom. The number of nitrogens with two attached hydrogens (primary N) is 1. The third-order valence-corrected chi connectivity index (χ3v) is 7.74. The van der Waals surface area contributed by atoms with Gasteiger partial charge >= 0.3 is 0 Å². The van der Waals surface area contributed by atoms with Gasteiger partial charge in [0.05, 0.1) is 25.0 Å². The number of nitrogen functional groups attached to an aromatic ring is 1. The second kappa shape index (κ2) is 15.0. The second-order valence-electron chi connectivity index (χ2n) is 8.40. The molecule has 0 amide bonds. The Morgan fingerprint density at radius 3 is 2.64 bits per heavy atom. The maximum atomic E-state index is 13.0. The van der Waals surface area contributed by atoms with E-state index in [1.165, 1.54) is 12.7 Å². The minimum Gasteiger partial charge on any atom is -0.395 e. The summed E-state index contributed by atoms with van der Waals surface area (Å²) in [6.07, 6.45) is 3.75. The molecule has 0 aliphatic carbocycles. The first-order valence-electron chi connectivity index (χ1n) is 11.5. The van der Waals surface area contributed by atoms with Crippen LogP contribution in [0.1, 0.15) is 32.8 Å². The standard InChI is InChI=1S/C18H30NO5PS.C5H5N5/c1-4-10-23-15-25(22,19-13-16-8-6-5-7-9-16)24-11-12-26-17(21)18(2,3)14-20;6-4-3-5(9-1-7-3)10-2-8-4/h5-9,20H,4,10-15H2,1-3H3,(H,19,22);1-2H,(H3,6,7,8,9,10). The van der Waals surface area contributed by atoms with Crippen molar-refractivity contribution in [2.75, 3.05) is 37.7 Å². The number of nitrogens with zero attached hydrogens (tertiary/aromatic N) is 3. The Morgan fingerprint density at radius 1 is 1.22 bits per heavy atom. The Bertz CT molecular complexity index is 1110. The highest BCUT2D eigenvalue weighted by Gasteiger charge is 2.28. The summed E-state index contributed by atoms with van der Waals surface area (Å²) in [6.45, 7) is 6.24. The maximum Gasteiger partial charge on any atom is 0.295 e. The van der Waals surface area contributed by atoms with E-state index in [0.717, 1.165) is 23.7 Å². The van der Waals surface area contributed by atoms with Crippen LogP contribution in [0.4, 0.5) is 5.82 Å². The van der Waals surface area contributed by atoms with Crippen molar-refractivity contribution in [2.45, 2.75) is 33.7 Å². The molecule has 3 rings (SSSR count). The van der Waals surface area contributed by atoms with E-state index in [9.17, 15) is 14.5 Å². The number of benzene rings is 1. The molecule has 1 atom stereocenters.